The molecule has 1 aromatic heterocycles. The predicted molar refractivity (Wildman–Crippen MR) is 116 cm³/mol. The van der Waals surface area contributed by atoms with Crippen LogP contribution in [-0.4, -0.2) is 4.57 Å². The van der Waals surface area contributed by atoms with Crippen LogP contribution in [0.4, 0.5) is 0 Å². The molecule has 2 heteroatoms. The standard InChI is InChI=1S/C26H23NO/c1-5-19-17(4)28-24-14-11-16(3)25(24)26(19)18-12-13-23-21(15-18)20-9-7-8-10-22(20)27(23)6-2/h1,7-13,15,26H,6,14H2,2-4H3. The SMILES string of the molecule is C#CC1=C(C)OC2=C(C(C)=CC2)C1c1ccc2c(c1)c1ccccc1n2CC. The molecule has 138 valence electrons. The molecule has 2 heterocycles. The van der Waals surface area contributed by atoms with Crippen LogP contribution < -0.4 is 0 Å². The molecule has 1 atom stereocenters. The van der Waals surface area contributed by atoms with E-state index in [0.29, 0.717) is 0 Å². The molecule has 1 aliphatic carbocycles. The summed E-state index contributed by atoms with van der Waals surface area (Å²) in [5, 5.41) is 2.58. The molecule has 2 aliphatic rings. The van der Waals surface area contributed by atoms with Gasteiger partial charge in [-0.25, -0.2) is 0 Å². The average molecular weight is 365 g/mol. The highest BCUT2D eigenvalue weighted by Gasteiger charge is 2.34. The Bertz CT molecular complexity index is 1270. The second-order valence-electron chi connectivity index (χ2n) is 7.62. The van der Waals surface area contributed by atoms with E-state index in [2.05, 4.69) is 72.9 Å². The molecule has 0 amide bonds. The molecule has 0 saturated heterocycles. The maximum atomic E-state index is 6.08. The van der Waals surface area contributed by atoms with Crippen molar-refractivity contribution in [3.63, 3.8) is 0 Å². The van der Waals surface area contributed by atoms with Gasteiger partial charge >= 0.3 is 0 Å². The Hall–Kier alpha value is -3.18. The van der Waals surface area contributed by atoms with Crippen LogP contribution in [0.25, 0.3) is 21.8 Å². The summed E-state index contributed by atoms with van der Waals surface area (Å²) in [7, 11) is 0. The summed E-state index contributed by atoms with van der Waals surface area (Å²) in [6.07, 6.45) is 9.04. The monoisotopic (exact) mass is 365 g/mol. The molecule has 0 bridgehead atoms. The Balaban J connectivity index is 1.79. The zero-order valence-corrected chi connectivity index (χ0v) is 16.5. The third-order valence-corrected chi connectivity index (χ3v) is 6.15. The maximum absolute atomic E-state index is 6.08. The van der Waals surface area contributed by atoms with Crippen LogP contribution in [0.3, 0.4) is 0 Å². The lowest BCUT2D eigenvalue weighted by Crippen LogP contribution is -2.15. The van der Waals surface area contributed by atoms with Crippen LogP contribution >= 0.6 is 0 Å². The van der Waals surface area contributed by atoms with Gasteiger partial charge in [0.05, 0.1) is 5.57 Å². The van der Waals surface area contributed by atoms with Crippen LogP contribution in [0.15, 0.2) is 76.8 Å². The maximum Gasteiger partial charge on any atom is 0.113 e. The smallest absolute Gasteiger partial charge is 0.113 e. The molecule has 2 aromatic carbocycles. The van der Waals surface area contributed by atoms with Crippen molar-refractivity contribution >= 4 is 21.8 Å². The van der Waals surface area contributed by atoms with E-state index in [0.717, 1.165) is 30.1 Å². The molecule has 1 aliphatic heterocycles. The summed E-state index contributed by atoms with van der Waals surface area (Å²) in [4.78, 5) is 0. The molecular weight excluding hydrogens is 342 g/mol. The average Bonchev–Trinajstić information content (AvgIpc) is 3.24. The van der Waals surface area contributed by atoms with Gasteiger partial charge in [-0.3, -0.25) is 0 Å². The molecule has 0 radical (unpaired) electrons. The van der Waals surface area contributed by atoms with E-state index in [1.807, 2.05) is 6.92 Å². The van der Waals surface area contributed by atoms with Gasteiger partial charge in [-0.05, 0) is 50.1 Å². The quantitative estimate of drug-likeness (QED) is 0.477. The highest BCUT2D eigenvalue weighted by molar-refractivity contribution is 6.08. The molecule has 28 heavy (non-hydrogen) atoms. The van der Waals surface area contributed by atoms with Crippen molar-refractivity contribution in [1.82, 2.24) is 4.57 Å². The van der Waals surface area contributed by atoms with Gasteiger partial charge in [0.25, 0.3) is 0 Å². The fraction of sp³-hybridized carbons (Fsp3) is 0.231. The number of rotatable bonds is 2. The normalized spacial score (nSPS) is 19.1. The Morgan fingerprint density at radius 2 is 1.89 bits per heavy atom. The van der Waals surface area contributed by atoms with Gasteiger partial charge in [-0.1, -0.05) is 36.3 Å². The van der Waals surface area contributed by atoms with Crippen molar-refractivity contribution in [2.75, 3.05) is 0 Å². The van der Waals surface area contributed by atoms with E-state index in [-0.39, 0.29) is 5.92 Å². The zero-order chi connectivity index (χ0) is 19.4. The van der Waals surface area contributed by atoms with E-state index < -0.39 is 0 Å². The van der Waals surface area contributed by atoms with Gasteiger partial charge in [0, 0.05) is 46.3 Å². The third kappa shape index (κ3) is 2.23. The van der Waals surface area contributed by atoms with Crippen molar-refractivity contribution in [1.29, 1.82) is 0 Å². The van der Waals surface area contributed by atoms with Gasteiger partial charge in [-0.15, -0.1) is 6.42 Å². The lowest BCUT2D eigenvalue weighted by atomic mass is 9.80. The van der Waals surface area contributed by atoms with E-state index in [9.17, 15) is 0 Å². The summed E-state index contributed by atoms with van der Waals surface area (Å²) in [6.45, 7) is 7.30. The van der Waals surface area contributed by atoms with Crippen molar-refractivity contribution in [3.8, 4) is 12.3 Å². The number of hydrogen-bond donors (Lipinski definition) is 0. The first-order valence-electron chi connectivity index (χ1n) is 9.90. The van der Waals surface area contributed by atoms with Crippen LogP contribution in [-0.2, 0) is 11.3 Å². The number of aryl methyl sites for hydroxylation is 1. The van der Waals surface area contributed by atoms with Crippen molar-refractivity contribution < 1.29 is 4.74 Å². The first kappa shape index (κ1) is 17.0. The number of allylic oxidation sites excluding steroid dienone is 5. The summed E-state index contributed by atoms with van der Waals surface area (Å²) in [6, 6.07) is 15.5. The van der Waals surface area contributed by atoms with Crippen molar-refractivity contribution in [2.24, 2.45) is 0 Å². The number of aromatic nitrogens is 1. The molecule has 2 nitrogen and oxygen atoms in total. The number of para-hydroxylation sites is 1. The number of hydrogen-bond acceptors (Lipinski definition) is 1. The Morgan fingerprint density at radius 3 is 2.68 bits per heavy atom. The Labute approximate surface area is 165 Å². The highest BCUT2D eigenvalue weighted by atomic mass is 16.5. The van der Waals surface area contributed by atoms with Gasteiger partial charge in [0.2, 0.25) is 0 Å². The van der Waals surface area contributed by atoms with Gasteiger partial charge in [0.15, 0.2) is 0 Å². The number of nitrogens with zero attached hydrogens (tertiary/aromatic N) is 1. The third-order valence-electron chi connectivity index (χ3n) is 6.15. The lowest BCUT2D eigenvalue weighted by molar-refractivity contribution is 0.283. The molecule has 3 aromatic rings. The minimum absolute atomic E-state index is 0.0700. The summed E-state index contributed by atoms with van der Waals surface area (Å²) in [5.41, 5.74) is 7.25. The zero-order valence-electron chi connectivity index (χ0n) is 16.5. The number of terminal acetylenes is 1. The number of benzene rings is 2. The van der Waals surface area contributed by atoms with E-state index in [1.165, 1.54) is 38.5 Å². The van der Waals surface area contributed by atoms with Crippen LogP contribution in [0.5, 0.6) is 0 Å². The molecule has 0 saturated carbocycles. The molecule has 0 N–H and O–H groups in total. The highest BCUT2D eigenvalue weighted by Crippen LogP contribution is 2.47. The summed E-state index contributed by atoms with van der Waals surface area (Å²) in [5.74, 6) is 4.90. The van der Waals surface area contributed by atoms with Crippen molar-refractivity contribution in [2.45, 2.75) is 39.7 Å². The summed E-state index contributed by atoms with van der Waals surface area (Å²) >= 11 is 0. The molecule has 5 rings (SSSR count). The second-order valence-corrected chi connectivity index (χ2v) is 7.62. The van der Waals surface area contributed by atoms with Gasteiger partial charge < -0.3 is 9.30 Å². The van der Waals surface area contributed by atoms with Crippen molar-refractivity contribution in [3.05, 3.63) is 82.3 Å². The fourth-order valence-electron chi connectivity index (χ4n) is 4.87. The lowest BCUT2D eigenvalue weighted by Gasteiger charge is -2.28. The van der Waals surface area contributed by atoms with Crippen LogP contribution in [0.1, 0.15) is 38.7 Å². The van der Waals surface area contributed by atoms with Gasteiger partial charge in [0.1, 0.15) is 11.5 Å². The molecule has 1 unspecified atom stereocenters. The Morgan fingerprint density at radius 1 is 1.11 bits per heavy atom. The van der Waals surface area contributed by atoms with Gasteiger partial charge in [-0.2, -0.15) is 0 Å². The number of ether oxygens (including phenoxy) is 1. The number of fused-ring (bicyclic) bond motifs is 3. The minimum Gasteiger partial charge on any atom is -0.465 e. The van der Waals surface area contributed by atoms with E-state index in [1.54, 1.807) is 0 Å². The van der Waals surface area contributed by atoms with Crippen LogP contribution in [0.2, 0.25) is 0 Å². The van der Waals surface area contributed by atoms with Crippen LogP contribution in [0, 0.1) is 12.3 Å². The second kappa shape index (κ2) is 6.17. The largest absolute Gasteiger partial charge is 0.465 e. The minimum atomic E-state index is 0.0700. The molecular formula is C26H23NO. The van der Waals surface area contributed by atoms with E-state index >= 15 is 0 Å². The molecule has 0 fully saturated rings. The summed E-state index contributed by atoms with van der Waals surface area (Å²) < 4.78 is 8.46. The Kier molecular flexibility index (Phi) is 3.74. The van der Waals surface area contributed by atoms with E-state index in [4.69, 9.17) is 11.2 Å². The first-order valence-corrected chi connectivity index (χ1v) is 9.90. The predicted octanol–water partition coefficient (Wildman–Crippen LogP) is 6.44. The molecule has 0 spiro atoms. The fourth-order valence-corrected chi connectivity index (χ4v) is 4.87. The first-order chi connectivity index (χ1) is 13.6. The topological polar surface area (TPSA) is 14.2 Å².